The standard InChI is InChI=1S/C16H14Cl2N4O/c1-2-3-12-14-13(9-5-4-8(17)6-11(9)18)10(7-19)15(20)23-16(14)22-21-12/h4-6,10,13,20H,2-3H2,1H3,(H,21,22). The van der Waals surface area contributed by atoms with Gasteiger partial charge in [0.05, 0.1) is 6.07 Å². The molecule has 1 aliphatic heterocycles. The molecular formula is C16H14Cl2N4O. The van der Waals surface area contributed by atoms with E-state index < -0.39 is 11.8 Å². The first-order valence-corrected chi connectivity index (χ1v) is 8.00. The van der Waals surface area contributed by atoms with Crippen LogP contribution in [0.3, 0.4) is 0 Å². The number of rotatable bonds is 3. The third-order valence-corrected chi connectivity index (χ3v) is 4.48. The summed E-state index contributed by atoms with van der Waals surface area (Å²) in [6.07, 6.45) is 1.70. The number of aryl methyl sites for hydroxylation is 1. The van der Waals surface area contributed by atoms with Crippen molar-refractivity contribution in [2.24, 2.45) is 5.92 Å². The fourth-order valence-electron chi connectivity index (χ4n) is 2.91. The van der Waals surface area contributed by atoms with Gasteiger partial charge in [-0.15, -0.1) is 5.10 Å². The molecule has 0 saturated carbocycles. The van der Waals surface area contributed by atoms with E-state index in [-0.39, 0.29) is 5.90 Å². The minimum atomic E-state index is -0.755. The summed E-state index contributed by atoms with van der Waals surface area (Å²) in [7, 11) is 0. The van der Waals surface area contributed by atoms with Gasteiger partial charge in [0.15, 0.2) is 0 Å². The second-order valence-electron chi connectivity index (χ2n) is 5.39. The highest BCUT2D eigenvalue weighted by Gasteiger charge is 2.41. The Morgan fingerprint density at radius 2 is 2.22 bits per heavy atom. The number of nitriles is 1. The van der Waals surface area contributed by atoms with E-state index in [0.29, 0.717) is 15.9 Å². The molecule has 23 heavy (non-hydrogen) atoms. The minimum absolute atomic E-state index is 0.120. The fourth-order valence-corrected chi connectivity index (χ4v) is 3.44. The van der Waals surface area contributed by atoms with Gasteiger partial charge in [-0.25, -0.2) is 0 Å². The van der Waals surface area contributed by atoms with Gasteiger partial charge in [0.2, 0.25) is 11.8 Å². The van der Waals surface area contributed by atoms with E-state index in [1.807, 2.05) is 0 Å². The molecular weight excluding hydrogens is 335 g/mol. The summed E-state index contributed by atoms with van der Waals surface area (Å²) in [5.41, 5.74) is 2.46. The number of fused-ring (bicyclic) bond motifs is 1. The quantitative estimate of drug-likeness (QED) is 0.866. The predicted octanol–water partition coefficient (Wildman–Crippen LogP) is 4.31. The Labute approximate surface area is 143 Å². The highest BCUT2D eigenvalue weighted by Crippen LogP contribution is 2.45. The summed E-state index contributed by atoms with van der Waals surface area (Å²) >= 11 is 12.3. The van der Waals surface area contributed by atoms with Crippen molar-refractivity contribution >= 4 is 29.1 Å². The Bertz CT molecular complexity index is 809. The number of hydrogen-bond acceptors (Lipinski definition) is 4. The second-order valence-corrected chi connectivity index (χ2v) is 6.23. The molecule has 7 heteroatoms. The summed E-state index contributed by atoms with van der Waals surface area (Å²) in [5.74, 6) is -0.928. The molecule has 2 heterocycles. The molecule has 0 fully saturated rings. The molecule has 2 unspecified atom stereocenters. The van der Waals surface area contributed by atoms with Gasteiger partial charge in [0, 0.05) is 27.2 Å². The van der Waals surface area contributed by atoms with E-state index in [4.69, 9.17) is 33.3 Å². The molecule has 2 N–H and O–H groups in total. The van der Waals surface area contributed by atoms with Gasteiger partial charge in [-0.3, -0.25) is 10.5 Å². The lowest BCUT2D eigenvalue weighted by molar-refractivity contribution is 0.436. The van der Waals surface area contributed by atoms with Gasteiger partial charge < -0.3 is 4.74 Å². The summed E-state index contributed by atoms with van der Waals surface area (Å²) in [6.45, 7) is 2.06. The fraction of sp³-hybridized carbons (Fsp3) is 0.312. The molecule has 0 aliphatic carbocycles. The maximum Gasteiger partial charge on any atom is 0.243 e. The molecule has 0 saturated heterocycles. The molecule has 0 bridgehead atoms. The van der Waals surface area contributed by atoms with Crippen LogP contribution in [-0.4, -0.2) is 16.1 Å². The number of aromatic amines is 1. The van der Waals surface area contributed by atoms with Gasteiger partial charge in [-0.2, -0.15) is 5.26 Å². The van der Waals surface area contributed by atoms with Crippen molar-refractivity contribution in [3.05, 3.63) is 45.1 Å². The molecule has 1 aromatic heterocycles. The maximum absolute atomic E-state index is 9.55. The number of hydrogen-bond donors (Lipinski definition) is 2. The first-order chi connectivity index (χ1) is 11.1. The van der Waals surface area contributed by atoms with Crippen LogP contribution < -0.4 is 4.74 Å². The number of benzene rings is 1. The van der Waals surface area contributed by atoms with Crippen molar-refractivity contribution in [1.29, 1.82) is 10.7 Å². The zero-order chi connectivity index (χ0) is 16.6. The molecule has 1 aliphatic rings. The van der Waals surface area contributed by atoms with E-state index in [1.54, 1.807) is 18.2 Å². The van der Waals surface area contributed by atoms with Crippen LogP contribution in [0.2, 0.25) is 10.0 Å². The smallest absolute Gasteiger partial charge is 0.243 e. The van der Waals surface area contributed by atoms with E-state index in [9.17, 15) is 5.26 Å². The van der Waals surface area contributed by atoms with Crippen LogP contribution in [-0.2, 0) is 6.42 Å². The summed E-state index contributed by atoms with van der Waals surface area (Å²) in [6, 6.07) is 7.33. The molecule has 3 rings (SSSR count). The lowest BCUT2D eigenvalue weighted by Crippen LogP contribution is -2.31. The molecule has 0 amide bonds. The van der Waals surface area contributed by atoms with Crippen LogP contribution >= 0.6 is 23.2 Å². The van der Waals surface area contributed by atoms with Gasteiger partial charge in [0.25, 0.3) is 0 Å². The second kappa shape index (κ2) is 6.23. The molecule has 0 spiro atoms. The number of ether oxygens (including phenoxy) is 1. The molecule has 118 valence electrons. The molecule has 0 radical (unpaired) electrons. The first kappa shape index (κ1) is 15.9. The highest BCUT2D eigenvalue weighted by molar-refractivity contribution is 6.35. The summed E-state index contributed by atoms with van der Waals surface area (Å²) in [4.78, 5) is 0. The van der Waals surface area contributed by atoms with Crippen LogP contribution in [0, 0.1) is 22.7 Å². The number of nitrogens with one attached hydrogen (secondary N) is 2. The van der Waals surface area contributed by atoms with Crippen LogP contribution in [0.1, 0.15) is 36.1 Å². The van der Waals surface area contributed by atoms with E-state index >= 15 is 0 Å². The Balaban J connectivity index is 2.21. The van der Waals surface area contributed by atoms with Crippen molar-refractivity contribution in [3.63, 3.8) is 0 Å². The zero-order valence-corrected chi connectivity index (χ0v) is 13.9. The molecule has 1 aromatic carbocycles. The van der Waals surface area contributed by atoms with Crippen LogP contribution in [0.5, 0.6) is 5.88 Å². The molecule has 2 aromatic rings. The Morgan fingerprint density at radius 1 is 1.43 bits per heavy atom. The lowest BCUT2D eigenvalue weighted by Gasteiger charge is -2.28. The van der Waals surface area contributed by atoms with Crippen molar-refractivity contribution < 1.29 is 4.74 Å². The predicted molar refractivity (Wildman–Crippen MR) is 88.3 cm³/mol. The Kier molecular flexibility index (Phi) is 4.29. The minimum Gasteiger partial charge on any atom is -0.422 e. The van der Waals surface area contributed by atoms with Crippen molar-refractivity contribution in [1.82, 2.24) is 10.2 Å². The third-order valence-electron chi connectivity index (χ3n) is 3.92. The van der Waals surface area contributed by atoms with Crippen molar-refractivity contribution in [2.75, 3.05) is 0 Å². The van der Waals surface area contributed by atoms with Gasteiger partial charge in [-0.1, -0.05) is 42.6 Å². The van der Waals surface area contributed by atoms with Gasteiger partial charge in [-0.05, 0) is 24.1 Å². The first-order valence-electron chi connectivity index (χ1n) is 7.24. The Morgan fingerprint density at radius 3 is 2.87 bits per heavy atom. The summed E-state index contributed by atoms with van der Waals surface area (Å²) in [5, 5.41) is 25.7. The summed E-state index contributed by atoms with van der Waals surface area (Å²) < 4.78 is 5.43. The lowest BCUT2D eigenvalue weighted by atomic mass is 9.79. The average Bonchev–Trinajstić information content (AvgIpc) is 2.89. The van der Waals surface area contributed by atoms with E-state index in [0.717, 1.165) is 29.7 Å². The van der Waals surface area contributed by atoms with E-state index in [1.165, 1.54) is 0 Å². The van der Waals surface area contributed by atoms with Crippen LogP contribution in [0.25, 0.3) is 0 Å². The van der Waals surface area contributed by atoms with Crippen molar-refractivity contribution in [2.45, 2.75) is 25.7 Å². The number of halogens is 2. The van der Waals surface area contributed by atoms with Crippen molar-refractivity contribution in [3.8, 4) is 11.9 Å². The largest absolute Gasteiger partial charge is 0.422 e. The topological polar surface area (TPSA) is 85.5 Å². The maximum atomic E-state index is 9.55. The highest BCUT2D eigenvalue weighted by atomic mass is 35.5. The van der Waals surface area contributed by atoms with Gasteiger partial charge in [0.1, 0.15) is 5.92 Å². The third kappa shape index (κ3) is 2.69. The Hall–Kier alpha value is -2.03. The molecule has 5 nitrogen and oxygen atoms in total. The SMILES string of the molecule is CCCc1[nH]nc2c1C(c1ccc(Cl)cc1Cl)C(C#N)C(=N)O2. The molecule has 2 atom stereocenters. The van der Waals surface area contributed by atoms with E-state index in [2.05, 4.69) is 23.2 Å². The van der Waals surface area contributed by atoms with Gasteiger partial charge >= 0.3 is 0 Å². The van der Waals surface area contributed by atoms with Crippen LogP contribution in [0.4, 0.5) is 0 Å². The zero-order valence-electron chi connectivity index (χ0n) is 12.4. The normalized spacial score (nSPS) is 19.8. The number of aromatic nitrogens is 2. The van der Waals surface area contributed by atoms with Crippen LogP contribution in [0.15, 0.2) is 18.2 Å². The number of nitrogens with zero attached hydrogens (tertiary/aromatic N) is 2. The average molecular weight is 349 g/mol. The number of H-pyrrole nitrogens is 1. The monoisotopic (exact) mass is 348 g/mol.